The first-order valence-electron chi connectivity index (χ1n) is 6.33. The van der Waals surface area contributed by atoms with Crippen LogP contribution in [0.1, 0.15) is 19.3 Å². The Morgan fingerprint density at radius 1 is 1.39 bits per heavy atom. The fraction of sp³-hybridized carbons (Fsp3) is 0.357. The van der Waals surface area contributed by atoms with E-state index >= 15 is 0 Å². The lowest BCUT2D eigenvalue weighted by molar-refractivity contribution is 0.504. The molecule has 0 amide bonds. The second-order valence-corrected chi connectivity index (χ2v) is 4.76. The minimum atomic E-state index is -0.403. The Bertz CT molecular complexity index is 624. The number of oxazole rings is 1. The van der Waals surface area contributed by atoms with E-state index in [1.165, 1.54) is 12.8 Å². The summed E-state index contributed by atoms with van der Waals surface area (Å²) in [5.41, 5.74) is 2.37. The zero-order valence-electron chi connectivity index (χ0n) is 10.1. The highest BCUT2D eigenvalue weighted by Gasteiger charge is 2.09. The van der Waals surface area contributed by atoms with E-state index < -0.39 is 5.76 Å². The normalized spacial score (nSPS) is 19.2. The van der Waals surface area contributed by atoms with Crippen molar-refractivity contribution in [2.45, 2.75) is 19.3 Å². The molecule has 1 unspecified atom stereocenters. The summed E-state index contributed by atoms with van der Waals surface area (Å²) in [6, 6.07) is 5.67. The topological polar surface area (TPSA) is 58.0 Å². The van der Waals surface area contributed by atoms with Gasteiger partial charge in [0.05, 0.1) is 5.52 Å². The van der Waals surface area contributed by atoms with Gasteiger partial charge in [0, 0.05) is 12.2 Å². The van der Waals surface area contributed by atoms with Crippen LogP contribution in [0, 0.1) is 5.92 Å². The minimum Gasteiger partial charge on any atom is -0.408 e. The summed E-state index contributed by atoms with van der Waals surface area (Å²) in [4.78, 5) is 13.7. The molecule has 0 saturated carbocycles. The molecule has 3 rings (SSSR count). The summed E-state index contributed by atoms with van der Waals surface area (Å²) >= 11 is 0. The van der Waals surface area contributed by atoms with Gasteiger partial charge in [0.25, 0.3) is 0 Å². The SMILES string of the molecule is O=c1[nH]c2cc(NCC3CC=CCC3)ccc2o1. The average Bonchev–Trinajstić information content (AvgIpc) is 2.77. The van der Waals surface area contributed by atoms with Crippen molar-refractivity contribution < 1.29 is 4.42 Å². The maximum Gasteiger partial charge on any atom is 0.417 e. The number of nitrogens with one attached hydrogen (secondary N) is 2. The van der Waals surface area contributed by atoms with Gasteiger partial charge in [0.1, 0.15) is 0 Å². The largest absolute Gasteiger partial charge is 0.417 e. The molecular weight excluding hydrogens is 228 g/mol. The summed E-state index contributed by atoms with van der Waals surface area (Å²) in [5, 5.41) is 3.42. The van der Waals surface area contributed by atoms with Crippen LogP contribution in [0.15, 0.2) is 39.6 Å². The summed E-state index contributed by atoms with van der Waals surface area (Å²) in [6.07, 6.45) is 8.08. The standard InChI is InChI=1S/C14H16N2O2/c17-14-16-12-8-11(6-7-13(12)18-14)15-9-10-4-2-1-3-5-10/h1-2,6-8,10,15H,3-5,9H2,(H,16,17). The predicted molar refractivity (Wildman–Crippen MR) is 71.8 cm³/mol. The number of hydrogen-bond donors (Lipinski definition) is 2. The molecule has 4 heteroatoms. The van der Waals surface area contributed by atoms with Gasteiger partial charge >= 0.3 is 5.76 Å². The van der Waals surface area contributed by atoms with E-state index in [4.69, 9.17) is 4.42 Å². The molecule has 94 valence electrons. The molecule has 1 aliphatic rings. The molecule has 0 spiro atoms. The fourth-order valence-electron chi connectivity index (χ4n) is 2.37. The highest BCUT2D eigenvalue weighted by atomic mass is 16.4. The van der Waals surface area contributed by atoms with Gasteiger partial charge in [0.15, 0.2) is 5.58 Å². The van der Waals surface area contributed by atoms with Crippen molar-refractivity contribution in [3.63, 3.8) is 0 Å². The highest BCUT2D eigenvalue weighted by molar-refractivity contribution is 5.76. The first-order valence-corrected chi connectivity index (χ1v) is 6.33. The van der Waals surface area contributed by atoms with Crippen molar-refractivity contribution in [3.8, 4) is 0 Å². The van der Waals surface area contributed by atoms with Crippen molar-refractivity contribution in [3.05, 3.63) is 40.9 Å². The number of aromatic amines is 1. The molecule has 1 heterocycles. The molecule has 0 bridgehead atoms. The third-order valence-corrected chi connectivity index (χ3v) is 3.39. The molecule has 2 aromatic rings. The lowest BCUT2D eigenvalue weighted by Crippen LogP contribution is -2.15. The van der Waals surface area contributed by atoms with Gasteiger partial charge < -0.3 is 9.73 Å². The molecule has 1 atom stereocenters. The van der Waals surface area contributed by atoms with Crippen LogP contribution in [0.2, 0.25) is 0 Å². The first kappa shape index (κ1) is 11.1. The zero-order chi connectivity index (χ0) is 12.4. The molecular formula is C14H16N2O2. The first-order chi connectivity index (χ1) is 8.81. The maximum atomic E-state index is 11.1. The molecule has 0 aliphatic heterocycles. The van der Waals surface area contributed by atoms with Crippen LogP contribution in [0.4, 0.5) is 5.69 Å². The number of allylic oxidation sites excluding steroid dienone is 2. The van der Waals surface area contributed by atoms with E-state index in [0.29, 0.717) is 11.5 Å². The molecule has 0 fully saturated rings. The van der Waals surface area contributed by atoms with Crippen LogP contribution in [0.3, 0.4) is 0 Å². The molecule has 1 aliphatic carbocycles. The van der Waals surface area contributed by atoms with E-state index in [1.54, 1.807) is 0 Å². The van der Waals surface area contributed by atoms with Crippen molar-refractivity contribution in [1.82, 2.24) is 4.98 Å². The van der Waals surface area contributed by atoms with Gasteiger partial charge in [-0.15, -0.1) is 0 Å². The summed E-state index contributed by atoms with van der Waals surface area (Å²) in [7, 11) is 0. The molecule has 0 saturated heterocycles. The summed E-state index contributed by atoms with van der Waals surface area (Å²) in [5.74, 6) is 0.300. The van der Waals surface area contributed by atoms with Gasteiger partial charge in [-0.2, -0.15) is 0 Å². The number of aromatic nitrogens is 1. The quantitative estimate of drug-likeness (QED) is 0.816. The number of H-pyrrole nitrogens is 1. The van der Waals surface area contributed by atoms with E-state index in [-0.39, 0.29) is 0 Å². The molecule has 1 aromatic carbocycles. The van der Waals surface area contributed by atoms with E-state index in [0.717, 1.165) is 24.2 Å². The Labute approximate surface area is 105 Å². The van der Waals surface area contributed by atoms with Crippen LogP contribution in [0.25, 0.3) is 11.1 Å². The third kappa shape index (κ3) is 2.32. The van der Waals surface area contributed by atoms with Crippen LogP contribution >= 0.6 is 0 Å². The molecule has 18 heavy (non-hydrogen) atoms. The van der Waals surface area contributed by atoms with E-state index in [1.807, 2.05) is 18.2 Å². The molecule has 1 aromatic heterocycles. The fourth-order valence-corrected chi connectivity index (χ4v) is 2.37. The molecule has 2 N–H and O–H groups in total. The highest BCUT2D eigenvalue weighted by Crippen LogP contribution is 2.20. The van der Waals surface area contributed by atoms with Gasteiger partial charge in [-0.3, -0.25) is 4.98 Å². The maximum absolute atomic E-state index is 11.1. The molecule has 0 radical (unpaired) electrons. The monoisotopic (exact) mass is 244 g/mol. The number of benzene rings is 1. The Morgan fingerprint density at radius 3 is 3.17 bits per heavy atom. The lowest BCUT2D eigenvalue weighted by Gasteiger charge is -2.18. The van der Waals surface area contributed by atoms with Crippen LogP contribution in [-0.2, 0) is 0 Å². The Morgan fingerprint density at radius 2 is 2.33 bits per heavy atom. The van der Waals surface area contributed by atoms with Gasteiger partial charge in [-0.25, -0.2) is 4.79 Å². The van der Waals surface area contributed by atoms with E-state index in [9.17, 15) is 4.79 Å². The Kier molecular flexibility index (Phi) is 2.92. The Hall–Kier alpha value is -1.97. The van der Waals surface area contributed by atoms with Crippen molar-refractivity contribution in [2.75, 3.05) is 11.9 Å². The number of hydrogen-bond acceptors (Lipinski definition) is 3. The van der Waals surface area contributed by atoms with Crippen molar-refractivity contribution >= 4 is 16.8 Å². The zero-order valence-corrected chi connectivity index (χ0v) is 10.1. The third-order valence-electron chi connectivity index (χ3n) is 3.39. The van der Waals surface area contributed by atoms with Crippen molar-refractivity contribution in [1.29, 1.82) is 0 Å². The smallest absolute Gasteiger partial charge is 0.408 e. The van der Waals surface area contributed by atoms with Crippen molar-refractivity contribution in [2.24, 2.45) is 5.92 Å². The number of rotatable bonds is 3. The van der Waals surface area contributed by atoms with Gasteiger partial charge in [-0.1, -0.05) is 12.2 Å². The predicted octanol–water partition coefficient (Wildman–Crippen LogP) is 2.89. The summed E-state index contributed by atoms with van der Waals surface area (Å²) in [6.45, 7) is 0.970. The number of anilines is 1. The second kappa shape index (κ2) is 4.72. The van der Waals surface area contributed by atoms with Crippen LogP contribution in [0.5, 0.6) is 0 Å². The average molecular weight is 244 g/mol. The lowest BCUT2D eigenvalue weighted by atomic mass is 9.94. The van der Waals surface area contributed by atoms with Crippen LogP contribution < -0.4 is 11.1 Å². The Balaban J connectivity index is 1.70. The minimum absolute atomic E-state index is 0.403. The van der Waals surface area contributed by atoms with Gasteiger partial charge in [-0.05, 0) is 43.4 Å². The van der Waals surface area contributed by atoms with Crippen LogP contribution in [-0.4, -0.2) is 11.5 Å². The van der Waals surface area contributed by atoms with E-state index in [2.05, 4.69) is 22.5 Å². The summed E-state index contributed by atoms with van der Waals surface area (Å²) < 4.78 is 4.97. The van der Waals surface area contributed by atoms with Gasteiger partial charge in [0.2, 0.25) is 0 Å². The number of fused-ring (bicyclic) bond motifs is 1. The second-order valence-electron chi connectivity index (χ2n) is 4.76. The molecule has 4 nitrogen and oxygen atoms in total.